The molecule has 1 heterocycles. The molecule has 8 heteroatoms. The number of aliphatic imine (C=N–C) groups is 1. The lowest BCUT2D eigenvalue weighted by Crippen LogP contribution is -2.45. The largest absolute Gasteiger partial charge is 0.357 e. The summed E-state index contributed by atoms with van der Waals surface area (Å²) in [5, 5.41) is 4.24. The summed E-state index contributed by atoms with van der Waals surface area (Å²) in [5.74, 6) is 0.854. The van der Waals surface area contributed by atoms with Crippen LogP contribution in [0, 0.1) is 0 Å². The number of hydrogen-bond acceptors (Lipinski definition) is 4. The van der Waals surface area contributed by atoms with Gasteiger partial charge in [0.15, 0.2) is 5.96 Å². The monoisotopic (exact) mass is 467 g/mol. The number of guanidine groups is 1. The fraction of sp³-hybridized carbons (Fsp3) is 0.688. The molecule has 1 aromatic heterocycles. The second kappa shape index (κ2) is 12.5. The number of amides is 1. The summed E-state index contributed by atoms with van der Waals surface area (Å²) >= 11 is 1.69. The molecule has 0 aliphatic rings. The van der Waals surface area contributed by atoms with Crippen LogP contribution in [0.2, 0.25) is 0 Å². The molecule has 0 radical (unpaired) electrons. The molecule has 1 amide bonds. The molecule has 0 unspecified atom stereocenters. The van der Waals surface area contributed by atoms with Gasteiger partial charge in [-0.2, -0.15) is 0 Å². The number of carbonyl (C=O) groups excluding carboxylic acids is 1. The highest BCUT2D eigenvalue weighted by Crippen LogP contribution is 2.14. The molecule has 0 spiro atoms. The summed E-state index contributed by atoms with van der Waals surface area (Å²) in [6.45, 7) is 11.2. The van der Waals surface area contributed by atoms with Crippen LogP contribution >= 0.6 is 35.3 Å². The molecular weight excluding hydrogens is 437 g/mol. The van der Waals surface area contributed by atoms with Crippen molar-refractivity contribution in [3.8, 4) is 0 Å². The van der Waals surface area contributed by atoms with E-state index in [0.29, 0.717) is 13.1 Å². The highest BCUT2D eigenvalue weighted by molar-refractivity contribution is 14.0. The Bertz CT molecular complexity index is 516. The first-order chi connectivity index (χ1) is 11.0. The van der Waals surface area contributed by atoms with E-state index in [9.17, 15) is 4.79 Å². The maximum atomic E-state index is 12.2. The highest BCUT2D eigenvalue weighted by atomic mass is 127. The van der Waals surface area contributed by atoms with Crippen LogP contribution in [0.3, 0.4) is 0 Å². The standard InChI is InChI=1S/C16H29N5OS.HI/c1-6-13-10-18-14(23-13)11-19-16(17-7-2)20(5)12-15(22)21(8-3)9-4;/h10H,6-9,11-12H2,1-5H3,(H,17,19);1H. The van der Waals surface area contributed by atoms with E-state index in [0.717, 1.165) is 37.0 Å². The van der Waals surface area contributed by atoms with Gasteiger partial charge >= 0.3 is 0 Å². The second-order valence-corrected chi connectivity index (χ2v) is 6.37. The van der Waals surface area contributed by atoms with Crippen LogP contribution < -0.4 is 5.32 Å². The third-order valence-electron chi connectivity index (χ3n) is 3.50. The van der Waals surface area contributed by atoms with Gasteiger partial charge in [-0.05, 0) is 27.2 Å². The normalized spacial score (nSPS) is 11.0. The SMILES string of the molecule is CCNC(=NCc1ncc(CC)s1)N(C)CC(=O)N(CC)CC.I. The van der Waals surface area contributed by atoms with Crippen molar-refractivity contribution in [3.63, 3.8) is 0 Å². The zero-order chi connectivity index (χ0) is 17.2. The predicted octanol–water partition coefficient (Wildman–Crippen LogP) is 2.59. The summed E-state index contributed by atoms with van der Waals surface area (Å²) in [6, 6.07) is 0. The number of likely N-dealkylation sites (N-methyl/N-ethyl adjacent to an activating group) is 2. The van der Waals surface area contributed by atoms with Crippen LogP contribution in [-0.4, -0.2) is 59.9 Å². The van der Waals surface area contributed by atoms with E-state index in [1.807, 2.05) is 43.8 Å². The minimum absolute atomic E-state index is 0. The van der Waals surface area contributed by atoms with E-state index in [2.05, 4.69) is 22.2 Å². The topological polar surface area (TPSA) is 60.8 Å². The summed E-state index contributed by atoms with van der Waals surface area (Å²) in [6.07, 6.45) is 2.91. The summed E-state index contributed by atoms with van der Waals surface area (Å²) < 4.78 is 0. The molecule has 0 aromatic carbocycles. The van der Waals surface area contributed by atoms with Gasteiger partial charge in [0.05, 0.1) is 13.1 Å². The van der Waals surface area contributed by atoms with Crippen molar-refractivity contribution in [2.75, 3.05) is 33.2 Å². The number of rotatable bonds is 8. The number of aromatic nitrogens is 1. The maximum Gasteiger partial charge on any atom is 0.242 e. The van der Waals surface area contributed by atoms with Crippen molar-refractivity contribution >= 4 is 47.2 Å². The van der Waals surface area contributed by atoms with Gasteiger partial charge in [0.25, 0.3) is 0 Å². The molecule has 0 fully saturated rings. The average Bonchev–Trinajstić information content (AvgIpc) is 3.00. The number of thiazole rings is 1. The van der Waals surface area contributed by atoms with Crippen molar-refractivity contribution in [1.82, 2.24) is 20.1 Å². The molecular formula is C16H30IN5OS. The Hall–Kier alpha value is -0.900. The predicted molar refractivity (Wildman–Crippen MR) is 112 cm³/mol. The molecule has 24 heavy (non-hydrogen) atoms. The average molecular weight is 467 g/mol. The molecule has 6 nitrogen and oxygen atoms in total. The van der Waals surface area contributed by atoms with Gasteiger partial charge in [-0.25, -0.2) is 9.98 Å². The van der Waals surface area contributed by atoms with Crippen LogP contribution in [0.1, 0.15) is 37.6 Å². The molecule has 0 bridgehead atoms. The summed E-state index contributed by atoms with van der Waals surface area (Å²) in [4.78, 5) is 26.2. The van der Waals surface area contributed by atoms with Crippen molar-refractivity contribution in [1.29, 1.82) is 0 Å². The number of nitrogens with zero attached hydrogens (tertiary/aromatic N) is 4. The number of carbonyl (C=O) groups is 1. The molecule has 1 rings (SSSR count). The van der Waals surface area contributed by atoms with Gasteiger partial charge in [0.1, 0.15) is 5.01 Å². The van der Waals surface area contributed by atoms with Crippen LogP contribution in [-0.2, 0) is 17.8 Å². The number of aryl methyl sites for hydroxylation is 1. The Labute approximate surface area is 166 Å². The molecule has 0 aliphatic heterocycles. The lowest BCUT2D eigenvalue weighted by Gasteiger charge is -2.25. The van der Waals surface area contributed by atoms with Gasteiger partial charge < -0.3 is 15.1 Å². The molecule has 1 aromatic rings. The van der Waals surface area contributed by atoms with Gasteiger partial charge in [-0.15, -0.1) is 35.3 Å². The van der Waals surface area contributed by atoms with Gasteiger partial charge in [-0.1, -0.05) is 6.92 Å². The number of halogens is 1. The number of nitrogens with one attached hydrogen (secondary N) is 1. The smallest absolute Gasteiger partial charge is 0.242 e. The first-order valence-electron chi connectivity index (χ1n) is 8.26. The van der Waals surface area contributed by atoms with Crippen molar-refractivity contribution in [2.24, 2.45) is 4.99 Å². The molecule has 0 atom stereocenters. The third-order valence-corrected chi connectivity index (χ3v) is 4.63. The lowest BCUT2D eigenvalue weighted by atomic mass is 10.4. The van der Waals surface area contributed by atoms with E-state index in [-0.39, 0.29) is 29.9 Å². The van der Waals surface area contributed by atoms with Crippen LogP contribution in [0.25, 0.3) is 0 Å². The Morgan fingerprint density at radius 1 is 1.29 bits per heavy atom. The van der Waals surface area contributed by atoms with Crippen LogP contribution in [0.15, 0.2) is 11.2 Å². The van der Waals surface area contributed by atoms with E-state index >= 15 is 0 Å². The summed E-state index contributed by atoms with van der Waals surface area (Å²) in [5.41, 5.74) is 0. The fourth-order valence-corrected chi connectivity index (χ4v) is 2.94. The Morgan fingerprint density at radius 2 is 1.96 bits per heavy atom. The van der Waals surface area contributed by atoms with Gasteiger partial charge in [0, 0.05) is 37.8 Å². The second-order valence-electron chi connectivity index (χ2n) is 5.17. The van der Waals surface area contributed by atoms with E-state index < -0.39 is 0 Å². The van der Waals surface area contributed by atoms with Gasteiger partial charge in [-0.3, -0.25) is 4.79 Å². The molecule has 138 valence electrons. The van der Waals surface area contributed by atoms with E-state index in [4.69, 9.17) is 0 Å². The van der Waals surface area contributed by atoms with Crippen molar-refractivity contribution < 1.29 is 4.79 Å². The van der Waals surface area contributed by atoms with Gasteiger partial charge in [0.2, 0.25) is 5.91 Å². The minimum Gasteiger partial charge on any atom is -0.357 e. The first-order valence-corrected chi connectivity index (χ1v) is 9.07. The third kappa shape index (κ3) is 7.33. The Balaban J connectivity index is 0.00000529. The fourth-order valence-electron chi connectivity index (χ4n) is 2.15. The van der Waals surface area contributed by atoms with E-state index in [1.54, 1.807) is 11.3 Å². The minimum atomic E-state index is 0. The van der Waals surface area contributed by atoms with E-state index in [1.165, 1.54) is 4.88 Å². The Morgan fingerprint density at radius 3 is 2.46 bits per heavy atom. The molecule has 0 saturated carbocycles. The highest BCUT2D eigenvalue weighted by Gasteiger charge is 2.15. The maximum absolute atomic E-state index is 12.2. The quantitative estimate of drug-likeness (QED) is 0.363. The lowest BCUT2D eigenvalue weighted by molar-refractivity contribution is -0.131. The first kappa shape index (κ1) is 23.1. The van der Waals surface area contributed by atoms with Crippen molar-refractivity contribution in [2.45, 2.75) is 40.7 Å². The molecule has 1 N–H and O–H groups in total. The zero-order valence-corrected chi connectivity index (χ0v) is 18.5. The Kier molecular flexibility index (Phi) is 12.0. The molecule has 0 saturated heterocycles. The molecule has 0 aliphatic carbocycles. The zero-order valence-electron chi connectivity index (χ0n) is 15.3. The van der Waals surface area contributed by atoms with Crippen LogP contribution in [0.5, 0.6) is 0 Å². The van der Waals surface area contributed by atoms with Crippen molar-refractivity contribution in [3.05, 3.63) is 16.1 Å². The number of hydrogen-bond donors (Lipinski definition) is 1. The summed E-state index contributed by atoms with van der Waals surface area (Å²) in [7, 11) is 1.89. The van der Waals surface area contributed by atoms with Crippen LogP contribution in [0.4, 0.5) is 0 Å².